The van der Waals surface area contributed by atoms with Crippen molar-refractivity contribution in [2.24, 2.45) is 0 Å². The molecule has 39 heavy (non-hydrogen) atoms. The van der Waals surface area contributed by atoms with Gasteiger partial charge < -0.3 is 15.4 Å². The second-order valence-electron chi connectivity index (χ2n) is 8.46. The summed E-state index contributed by atoms with van der Waals surface area (Å²) in [4.78, 5) is 25.2. The summed E-state index contributed by atoms with van der Waals surface area (Å²) < 4.78 is 34.0. The largest absolute Gasteiger partial charge is 0.494 e. The van der Waals surface area contributed by atoms with Crippen LogP contribution in [-0.4, -0.2) is 38.9 Å². The molecular weight excluding hydrogens is 524 g/mol. The van der Waals surface area contributed by atoms with E-state index < -0.39 is 11.6 Å². The van der Waals surface area contributed by atoms with Crippen molar-refractivity contribution in [2.75, 3.05) is 17.7 Å². The van der Waals surface area contributed by atoms with Crippen LogP contribution in [-0.2, 0) is 11.3 Å². The van der Waals surface area contributed by atoms with Gasteiger partial charge in [0.25, 0.3) is 5.91 Å². The lowest BCUT2D eigenvalue weighted by Crippen LogP contribution is -2.24. The lowest BCUT2D eigenvalue weighted by atomic mass is 10.2. The summed E-state index contributed by atoms with van der Waals surface area (Å²) in [6.07, 6.45) is 1.99. The summed E-state index contributed by atoms with van der Waals surface area (Å²) in [6.45, 7) is 2.75. The minimum atomic E-state index is -0.406. The van der Waals surface area contributed by atoms with Crippen molar-refractivity contribution in [2.45, 2.75) is 31.5 Å². The fraction of sp³-hybridized carbons (Fsp3) is 0.214. The van der Waals surface area contributed by atoms with E-state index in [0.29, 0.717) is 40.3 Å². The average molecular weight is 552 g/mol. The van der Waals surface area contributed by atoms with Gasteiger partial charge in [-0.2, -0.15) is 0 Å². The zero-order valence-electron chi connectivity index (χ0n) is 21.2. The molecule has 0 bridgehead atoms. The zero-order valence-corrected chi connectivity index (χ0v) is 22.0. The van der Waals surface area contributed by atoms with E-state index >= 15 is 0 Å². The zero-order chi connectivity index (χ0) is 27.6. The summed E-state index contributed by atoms with van der Waals surface area (Å²) in [5, 5.41) is 14.3. The smallest absolute Gasteiger partial charge is 0.251 e. The van der Waals surface area contributed by atoms with Crippen molar-refractivity contribution in [1.29, 1.82) is 0 Å². The van der Waals surface area contributed by atoms with Crippen LogP contribution < -0.4 is 15.4 Å². The Labute approximate surface area is 228 Å². The van der Waals surface area contributed by atoms with Crippen LogP contribution in [0, 0.1) is 11.6 Å². The first-order valence-electron chi connectivity index (χ1n) is 12.3. The van der Waals surface area contributed by atoms with E-state index in [2.05, 4.69) is 27.8 Å². The second kappa shape index (κ2) is 13.5. The molecule has 1 heterocycles. The highest BCUT2D eigenvalue weighted by atomic mass is 32.2. The quantitative estimate of drug-likeness (QED) is 0.181. The Bertz CT molecular complexity index is 1390. The van der Waals surface area contributed by atoms with Crippen LogP contribution in [0.15, 0.2) is 78.0 Å². The van der Waals surface area contributed by atoms with E-state index in [1.165, 1.54) is 36.4 Å². The molecule has 0 radical (unpaired) electrons. The molecule has 11 heteroatoms. The van der Waals surface area contributed by atoms with E-state index in [9.17, 15) is 18.4 Å². The van der Waals surface area contributed by atoms with E-state index in [1.807, 2.05) is 0 Å². The number of rotatable bonds is 12. The Kier molecular flexibility index (Phi) is 9.63. The van der Waals surface area contributed by atoms with Gasteiger partial charge in [0, 0.05) is 16.9 Å². The molecule has 2 N–H and O–H groups in total. The van der Waals surface area contributed by atoms with Gasteiger partial charge in [0.1, 0.15) is 17.4 Å². The number of aromatic nitrogens is 3. The van der Waals surface area contributed by atoms with Gasteiger partial charge in [-0.15, -0.1) is 10.2 Å². The van der Waals surface area contributed by atoms with Gasteiger partial charge in [0.2, 0.25) is 5.91 Å². The number of hydrogen-bond donors (Lipinski definition) is 2. The van der Waals surface area contributed by atoms with Crippen molar-refractivity contribution in [3.05, 3.63) is 95.8 Å². The number of ether oxygens (including phenoxy) is 1. The summed E-state index contributed by atoms with van der Waals surface area (Å²) in [6, 6.07) is 18.0. The first kappa shape index (κ1) is 27.8. The molecule has 0 unspecified atom stereocenters. The van der Waals surface area contributed by atoms with Crippen molar-refractivity contribution in [3.8, 4) is 11.4 Å². The van der Waals surface area contributed by atoms with Crippen LogP contribution in [0.4, 0.5) is 14.5 Å². The molecule has 0 aliphatic carbocycles. The highest BCUT2D eigenvalue weighted by molar-refractivity contribution is 7.99. The van der Waals surface area contributed by atoms with Gasteiger partial charge in [-0.3, -0.25) is 14.2 Å². The molecule has 0 fully saturated rings. The number of nitrogens with one attached hydrogen (secondary N) is 2. The number of amides is 2. The Morgan fingerprint density at radius 2 is 1.59 bits per heavy atom. The third-order valence-corrected chi connectivity index (χ3v) is 6.46. The predicted molar refractivity (Wildman–Crippen MR) is 145 cm³/mol. The minimum absolute atomic E-state index is 0.00423. The van der Waals surface area contributed by atoms with E-state index in [4.69, 9.17) is 4.74 Å². The minimum Gasteiger partial charge on any atom is -0.494 e. The van der Waals surface area contributed by atoms with Crippen LogP contribution in [0.1, 0.15) is 35.9 Å². The van der Waals surface area contributed by atoms with Crippen molar-refractivity contribution < 1.29 is 23.1 Å². The number of anilines is 1. The van der Waals surface area contributed by atoms with Gasteiger partial charge in [0.05, 0.1) is 18.9 Å². The molecule has 4 aromatic rings. The molecule has 1 aromatic heterocycles. The lowest BCUT2D eigenvalue weighted by Gasteiger charge is -2.11. The number of carbonyl (C=O) groups excluding carboxylic acids is 2. The normalized spacial score (nSPS) is 10.7. The van der Waals surface area contributed by atoms with Crippen LogP contribution in [0.2, 0.25) is 0 Å². The third kappa shape index (κ3) is 7.87. The molecule has 0 saturated carbocycles. The number of benzene rings is 3. The summed E-state index contributed by atoms with van der Waals surface area (Å²) in [5.41, 5.74) is 1.49. The van der Waals surface area contributed by atoms with Crippen LogP contribution in [0.25, 0.3) is 5.69 Å². The van der Waals surface area contributed by atoms with Gasteiger partial charge >= 0.3 is 0 Å². The molecule has 0 atom stereocenters. The Hall–Kier alpha value is -4.25. The summed E-state index contributed by atoms with van der Waals surface area (Å²) in [5.74, 6) is -0.346. The standard InChI is InChI=1S/C28H27F2N5O3S/c1-2-3-16-38-24-14-4-19(5-15-24)27(37)31-17-25-33-34-28(35(25)23-12-8-21(30)9-13-23)39-18-26(36)32-22-10-6-20(29)7-11-22/h4-15H,2-3,16-18H2,1H3,(H,31,37)(H,32,36). The average Bonchev–Trinajstić information content (AvgIpc) is 3.35. The van der Waals surface area contributed by atoms with E-state index in [-0.39, 0.29) is 24.1 Å². The summed E-state index contributed by atoms with van der Waals surface area (Å²) >= 11 is 1.12. The molecule has 3 aromatic carbocycles. The molecular formula is C28H27F2N5O3S. The summed E-state index contributed by atoms with van der Waals surface area (Å²) in [7, 11) is 0. The molecule has 0 spiro atoms. The van der Waals surface area contributed by atoms with Crippen LogP contribution in [0.5, 0.6) is 5.75 Å². The van der Waals surface area contributed by atoms with Crippen molar-refractivity contribution in [3.63, 3.8) is 0 Å². The molecule has 4 rings (SSSR count). The maximum atomic E-state index is 13.6. The Morgan fingerprint density at radius 3 is 2.26 bits per heavy atom. The maximum Gasteiger partial charge on any atom is 0.251 e. The van der Waals surface area contributed by atoms with Crippen molar-refractivity contribution in [1.82, 2.24) is 20.1 Å². The molecule has 0 aliphatic heterocycles. The number of unbranched alkanes of at least 4 members (excludes halogenated alkanes) is 1. The van der Waals surface area contributed by atoms with Gasteiger partial charge in [-0.1, -0.05) is 25.1 Å². The highest BCUT2D eigenvalue weighted by Crippen LogP contribution is 2.23. The highest BCUT2D eigenvalue weighted by Gasteiger charge is 2.17. The Balaban J connectivity index is 1.43. The van der Waals surface area contributed by atoms with E-state index in [1.54, 1.807) is 41.0 Å². The van der Waals surface area contributed by atoms with Gasteiger partial charge in [-0.25, -0.2) is 8.78 Å². The number of nitrogens with zero attached hydrogens (tertiary/aromatic N) is 3. The fourth-order valence-electron chi connectivity index (χ4n) is 3.52. The SMILES string of the molecule is CCCCOc1ccc(C(=O)NCc2nnc(SCC(=O)Nc3ccc(F)cc3)n2-c2ccc(F)cc2)cc1. The molecule has 0 aliphatic rings. The number of hydrogen-bond acceptors (Lipinski definition) is 6. The van der Waals surface area contributed by atoms with Crippen molar-refractivity contribution >= 4 is 29.3 Å². The number of thioether (sulfide) groups is 1. The fourth-order valence-corrected chi connectivity index (χ4v) is 4.29. The molecule has 8 nitrogen and oxygen atoms in total. The van der Waals surface area contributed by atoms with Crippen LogP contribution in [0.3, 0.4) is 0 Å². The van der Waals surface area contributed by atoms with Gasteiger partial charge in [0.15, 0.2) is 11.0 Å². The topological polar surface area (TPSA) is 98.1 Å². The predicted octanol–water partition coefficient (Wildman–Crippen LogP) is 5.39. The maximum absolute atomic E-state index is 13.6. The molecule has 202 valence electrons. The Morgan fingerprint density at radius 1 is 0.923 bits per heavy atom. The number of halogens is 2. The first-order chi connectivity index (χ1) is 18.9. The monoisotopic (exact) mass is 551 g/mol. The third-order valence-electron chi connectivity index (χ3n) is 5.54. The molecule has 2 amide bonds. The molecule has 0 saturated heterocycles. The van der Waals surface area contributed by atoms with E-state index in [0.717, 1.165) is 24.6 Å². The van der Waals surface area contributed by atoms with Gasteiger partial charge in [-0.05, 0) is 79.2 Å². The van der Waals surface area contributed by atoms with Crippen LogP contribution >= 0.6 is 11.8 Å². The first-order valence-corrected chi connectivity index (χ1v) is 13.3. The second-order valence-corrected chi connectivity index (χ2v) is 9.41. The number of carbonyl (C=O) groups is 2. The lowest BCUT2D eigenvalue weighted by molar-refractivity contribution is -0.113.